The first-order valence-electron chi connectivity index (χ1n) is 5.19. The maximum atomic E-state index is 5.74. The molecule has 0 unspecified atom stereocenters. The van der Waals surface area contributed by atoms with Crippen LogP contribution >= 0.6 is 0 Å². The average Bonchev–Trinajstić information content (AvgIpc) is 2.46. The van der Waals surface area contributed by atoms with E-state index < -0.39 is 0 Å². The van der Waals surface area contributed by atoms with Gasteiger partial charge in [0.2, 0.25) is 0 Å². The minimum Gasteiger partial charge on any atom is -0.328 e. The van der Waals surface area contributed by atoms with Crippen molar-refractivity contribution in [2.45, 2.75) is 52.0 Å². The van der Waals surface area contributed by atoms with E-state index in [1.807, 2.05) is 13.1 Å². The third-order valence-electron chi connectivity index (χ3n) is 2.34. The van der Waals surface area contributed by atoms with Crippen LogP contribution in [0, 0.1) is 0 Å². The van der Waals surface area contributed by atoms with Gasteiger partial charge in [0.25, 0.3) is 0 Å². The monoisotopic (exact) mass is 195 g/mol. The Balaban J connectivity index is 2.73. The van der Waals surface area contributed by atoms with Crippen molar-refractivity contribution in [2.24, 2.45) is 5.73 Å². The maximum absolute atomic E-state index is 5.74. The number of nitrogens with two attached hydrogens (primary N) is 1. The van der Waals surface area contributed by atoms with E-state index in [4.69, 9.17) is 5.73 Å². The van der Waals surface area contributed by atoms with Gasteiger partial charge in [-0.15, -0.1) is 0 Å². The molecule has 0 spiro atoms. The fraction of sp³-hybridized carbons (Fsp3) is 0.727. The fourth-order valence-electron chi connectivity index (χ4n) is 1.53. The molecule has 3 heteroatoms. The normalized spacial score (nSPS) is 14.4. The Bertz CT molecular complexity index is 281. The van der Waals surface area contributed by atoms with E-state index >= 15 is 0 Å². The van der Waals surface area contributed by atoms with E-state index in [0.29, 0.717) is 0 Å². The van der Waals surface area contributed by atoms with Crippen LogP contribution in [-0.2, 0) is 11.8 Å². The van der Waals surface area contributed by atoms with E-state index in [-0.39, 0.29) is 11.5 Å². The molecule has 0 aliphatic carbocycles. The van der Waals surface area contributed by atoms with Crippen LogP contribution in [0.15, 0.2) is 6.20 Å². The molecule has 0 radical (unpaired) electrons. The Morgan fingerprint density at radius 2 is 2.14 bits per heavy atom. The lowest BCUT2D eigenvalue weighted by Crippen LogP contribution is -2.18. The van der Waals surface area contributed by atoms with Crippen LogP contribution in [0.1, 0.15) is 45.4 Å². The van der Waals surface area contributed by atoms with Crippen LogP contribution in [0.2, 0.25) is 0 Å². The van der Waals surface area contributed by atoms with Gasteiger partial charge in [-0.1, -0.05) is 20.8 Å². The SMILES string of the molecule is C[C@@H](N)CCc1cn[nH]c1C(C)(C)C. The molecule has 0 saturated heterocycles. The van der Waals surface area contributed by atoms with Crippen molar-refractivity contribution < 1.29 is 0 Å². The van der Waals surface area contributed by atoms with Gasteiger partial charge in [-0.2, -0.15) is 5.10 Å². The Kier molecular flexibility index (Phi) is 3.32. The number of aromatic nitrogens is 2. The van der Waals surface area contributed by atoms with E-state index in [0.717, 1.165) is 12.8 Å². The molecule has 3 N–H and O–H groups in total. The molecule has 0 amide bonds. The predicted molar refractivity (Wildman–Crippen MR) is 59.3 cm³/mol. The lowest BCUT2D eigenvalue weighted by atomic mass is 9.88. The van der Waals surface area contributed by atoms with Gasteiger partial charge in [0.1, 0.15) is 0 Å². The van der Waals surface area contributed by atoms with Gasteiger partial charge >= 0.3 is 0 Å². The lowest BCUT2D eigenvalue weighted by molar-refractivity contribution is 0.555. The highest BCUT2D eigenvalue weighted by atomic mass is 15.1. The van der Waals surface area contributed by atoms with Gasteiger partial charge in [-0.3, -0.25) is 5.10 Å². The van der Waals surface area contributed by atoms with Gasteiger partial charge in [-0.05, 0) is 25.3 Å². The summed E-state index contributed by atoms with van der Waals surface area (Å²) in [5, 5.41) is 7.18. The molecule has 1 aromatic rings. The summed E-state index contributed by atoms with van der Waals surface area (Å²) in [6.45, 7) is 8.61. The topological polar surface area (TPSA) is 54.7 Å². The molecule has 1 aromatic heterocycles. The molecule has 14 heavy (non-hydrogen) atoms. The smallest absolute Gasteiger partial charge is 0.0522 e. The van der Waals surface area contributed by atoms with Crippen molar-refractivity contribution in [3.8, 4) is 0 Å². The first-order valence-corrected chi connectivity index (χ1v) is 5.19. The van der Waals surface area contributed by atoms with Crippen LogP contribution in [0.5, 0.6) is 0 Å². The molecule has 0 aromatic carbocycles. The van der Waals surface area contributed by atoms with Gasteiger partial charge in [0.05, 0.1) is 6.20 Å². The zero-order valence-corrected chi connectivity index (χ0v) is 9.59. The summed E-state index contributed by atoms with van der Waals surface area (Å²) < 4.78 is 0. The van der Waals surface area contributed by atoms with Crippen LogP contribution < -0.4 is 5.73 Å². The van der Waals surface area contributed by atoms with Crippen molar-refractivity contribution >= 4 is 0 Å². The number of hydrogen-bond donors (Lipinski definition) is 2. The van der Waals surface area contributed by atoms with Gasteiger partial charge in [-0.25, -0.2) is 0 Å². The zero-order chi connectivity index (χ0) is 10.8. The number of hydrogen-bond acceptors (Lipinski definition) is 2. The Morgan fingerprint density at radius 3 is 2.64 bits per heavy atom. The molecule has 3 nitrogen and oxygen atoms in total. The highest BCUT2D eigenvalue weighted by Crippen LogP contribution is 2.24. The minimum atomic E-state index is 0.143. The molecule has 0 aliphatic heterocycles. The van der Waals surface area contributed by atoms with Crippen molar-refractivity contribution in [3.63, 3.8) is 0 Å². The summed E-state index contributed by atoms with van der Waals surface area (Å²) >= 11 is 0. The first-order chi connectivity index (χ1) is 6.41. The molecule has 0 saturated carbocycles. The largest absolute Gasteiger partial charge is 0.328 e. The third kappa shape index (κ3) is 2.84. The van der Waals surface area contributed by atoms with Crippen LogP contribution in [0.25, 0.3) is 0 Å². The van der Waals surface area contributed by atoms with Crippen molar-refractivity contribution in [1.29, 1.82) is 0 Å². The predicted octanol–water partition coefficient (Wildman–Crippen LogP) is 1.99. The summed E-state index contributed by atoms with van der Waals surface area (Å²) in [6, 6.07) is 0.262. The number of aromatic amines is 1. The van der Waals surface area contributed by atoms with E-state index in [1.165, 1.54) is 11.3 Å². The number of rotatable bonds is 3. The summed E-state index contributed by atoms with van der Waals surface area (Å²) in [7, 11) is 0. The lowest BCUT2D eigenvalue weighted by Gasteiger charge is -2.18. The summed E-state index contributed by atoms with van der Waals surface area (Å²) in [5.74, 6) is 0. The van der Waals surface area contributed by atoms with Crippen LogP contribution in [0.3, 0.4) is 0 Å². The van der Waals surface area contributed by atoms with Gasteiger partial charge in [0, 0.05) is 17.2 Å². The van der Waals surface area contributed by atoms with Crippen molar-refractivity contribution in [2.75, 3.05) is 0 Å². The number of nitrogens with one attached hydrogen (secondary N) is 1. The number of aryl methyl sites for hydroxylation is 1. The Morgan fingerprint density at radius 1 is 1.50 bits per heavy atom. The second kappa shape index (κ2) is 4.13. The molecule has 0 fully saturated rings. The van der Waals surface area contributed by atoms with Crippen molar-refractivity contribution in [3.05, 3.63) is 17.5 Å². The molecular weight excluding hydrogens is 174 g/mol. The summed E-state index contributed by atoms with van der Waals surface area (Å²) in [4.78, 5) is 0. The average molecular weight is 195 g/mol. The molecule has 1 heterocycles. The molecule has 0 bridgehead atoms. The number of nitrogens with zero attached hydrogens (tertiary/aromatic N) is 1. The maximum Gasteiger partial charge on any atom is 0.0522 e. The Labute approximate surface area is 86.1 Å². The molecule has 80 valence electrons. The standard InChI is InChI=1S/C11H21N3/c1-8(12)5-6-9-7-13-14-10(9)11(2,3)4/h7-8H,5-6,12H2,1-4H3,(H,13,14)/t8-/m1/s1. The van der Waals surface area contributed by atoms with Gasteiger partial charge in [0.15, 0.2) is 0 Å². The second-order valence-electron chi connectivity index (χ2n) is 5.04. The van der Waals surface area contributed by atoms with Crippen molar-refractivity contribution in [1.82, 2.24) is 10.2 Å². The highest BCUT2D eigenvalue weighted by Gasteiger charge is 2.19. The molecule has 1 atom stereocenters. The minimum absolute atomic E-state index is 0.143. The second-order valence-corrected chi connectivity index (χ2v) is 5.04. The first kappa shape index (κ1) is 11.2. The third-order valence-corrected chi connectivity index (χ3v) is 2.34. The van der Waals surface area contributed by atoms with E-state index in [9.17, 15) is 0 Å². The fourth-order valence-corrected chi connectivity index (χ4v) is 1.53. The summed E-state index contributed by atoms with van der Waals surface area (Å²) in [6.07, 6.45) is 3.95. The summed E-state index contributed by atoms with van der Waals surface area (Å²) in [5.41, 5.74) is 8.42. The van der Waals surface area contributed by atoms with Crippen LogP contribution in [0.4, 0.5) is 0 Å². The van der Waals surface area contributed by atoms with Gasteiger partial charge < -0.3 is 5.73 Å². The van der Waals surface area contributed by atoms with E-state index in [1.54, 1.807) is 0 Å². The Hall–Kier alpha value is -0.830. The molecular formula is C11H21N3. The zero-order valence-electron chi connectivity index (χ0n) is 9.59. The molecule has 0 aliphatic rings. The van der Waals surface area contributed by atoms with Crippen LogP contribution in [-0.4, -0.2) is 16.2 Å². The van der Waals surface area contributed by atoms with E-state index in [2.05, 4.69) is 31.0 Å². The molecule has 1 rings (SSSR count). The highest BCUT2D eigenvalue weighted by molar-refractivity contribution is 5.23. The quantitative estimate of drug-likeness (QED) is 0.775. The number of H-pyrrole nitrogens is 1.